The van der Waals surface area contributed by atoms with Crippen LogP contribution in [0, 0.1) is 11.6 Å². The zero-order valence-electron chi connectivity index (χ0n) is 12.8. The first-order valence-electron chi connectivity index (χ1n) is 7.22. The third-order valence-electron chi connectivity index (χ3n) is 4.13. The lowest BCUT2D eigenvalue weighted by atomic mass is 9.88. The molecule has 0 atom stereocenters. The number of anilines is 1. The molecule has 2 heterocycles. The minimum Gasteiger partial charge on any atom is -0.465 e. The van der Waals surface area contributed by atoms with E-state index >= 15 is 0 Å². The van der Waals surface area contributed by atoms with E-state index in [9.17, 15) is 18.7 Å². The van der Waals surface area contributed by atoms with Crippen molar-refractivity contribution in [2.24, 2.45) is 0 Å². The van der Waals surface area contributed by atoms with Crippen molar-refractivity contribution in [1.29, 1.82) is 0 Å². The Morgan fingerprint density at radius 3 is 2.74 bits per heavy atom. The van der Waals surface area contributed by atoms with Gasteiger partial charge in [-0.25, -0.2) is 13.6 Å². The second-order valence-electron chi connectivity index (χ2n) is 6.36. The second-order valence-corrected chi connectivity index (χ2v) is 6.36. The second kappa shape index (κ2) is 5.30. The van der Waals surface area contributed by atoms with Crippen LogP contribution in [0.2, 0.25) is 0 Å². The average Bonchev–Trinajstić information content (AvgIpc) is 2.74. The molecule has 1 amide bonds. The average molecular weight is 318 g/mol. The normalized spacial score (nSPS) is 15.6. The molecule has 4 nitrogen and oxygen atoms in total. The van der Waals surface area contributed by atoms with Crippen molar-refractivity contribution in [3.05, 3.63) is 58.9 Å². The quantitative estimate of drug-likeness (QED) is 0.918. The minimum absolute atomic E-state index is 0.174. The number of halogens is 2. The number of benzene rings is 1. The van der Waals surface area contributed by atoms with Crippen LogP contribution >= 0.6 is 0 Å². The molecule has 0 bridgehead atoms. The highest BCUT2D eigenvalue weighted by molar-refractivity contribution is 5.90. The van der Waals surface area contributed by atoms with Gasteiger partial charge in [-0.05, 0) is 17.7 Å². The van der Waals surface area contributed by atoms with E-state index in [0.29, 0.717) is 23.5 Å². The van der Waals surface area contributed by atoms with Gasteiger partial charge in [0.2, 0.25) is 0 Å². The molecule has 0 aliphatic carbocycles. The molecule has 1 aromatic carbocycles. The highest BCUT2D eigenvalue weighted by Crippen LogP contribution is 2.40. The molecule has 120 valence electrons. The molecule has 0 unspecified atom stereocenters. The van der Waals surface area contributed by atoms with Gasteiger partial charge in [0.05, 0.1) is 5.69 Å². The predicted molar refractivity (Wildman–Crippen MR) is 81.8 cm³/mol. The number of rotatable bonds is 2. The molecular formula is C17H16F2N2O2. The number of amides is 1. The first-order valence-corrected chi connectivity index (χ1v) is 7.22. The lowest BCUT2D eigenvalue weighted by Crippen LogP contribution is -2.32. The van der Waals surface area contributed by atoms with Crippen LogP contribution in [0.3, 0.4) is 0 Å². The maximum Gasteiger partial charge on any atom is 0.411 e. The maximum absolute atomic E-state index is 13.8. The number of carboxylic acid groups (broad SMARTS) is 1. The summed E-state index contributed by atoms with van der Waals surface area (Å²) in [5.41, 5.74) is 1.97. The summed E-state index contributed by atoms with van der Waals surface area (Å²) in [4.78, 5) is 17.0. The van der Waals surface area contributed by atoms with E-state index in [1.165, 1.54) is 17.0 Å². The molecule has 3 rings (SSSR count). The van der Waals surface area contributed by atoms with Crippen LogP contribution in [-0.4, -0.2) is 22.7 Å². The van der Waals surface area contributed by atoms with Gasteiger partial charge in [-0.15, -0.1) is 0 Å². The summed E-state index contributed by atoms with van der Waals surface area (Å²) < 4.78 is 26.7. The number of hydrogen-bond donors (Lipinski definition) is 1. The Labute approximate surface area is 132 Å². The summed E-state index contributed by atoms with van der Waals surface area (Å²) in [5, 5.41) is 9.35. The Bertz CT molecular complexity index is 790. The van der Waals surface area contributed by atoms with Gasteiger partial charge in [0.1, 0.15) is 11.6 Å². The molecule has 1 aromatic heterocycles. The van der Waals surface area contributed by atoms with E-state index in [0.717, 1.165) is 11.6 Å². The van der Waals surface area contributed by atoms with Gasteiger partial charge < -0.3 is 5.11 Å². The molecule has 6 heteroatoms. The van der Waals surface area contributed by atoms with Gasteiger partial charge in [0.25, 0.3) is 0 Å². The highest BCUT2D eigenvalue weighted by atomic mass is 19.1. The van der Waals surface area contributed by atoms with Crippen LogP contribution in [0.25, 0.3) is 0 Å². The van der Waals surface area contributed by atoms with Crippen molar-refractivity contribution < 1.29 is 18.7 Å². The van der Waals surface area contributed by atoms with E-state index in [-0.39, 0.29) is 11.8 Å². The fourth-order valence-electron chi connectivity index (χ4n) is 2.92. The first-order chi connectivity index (χ1) is 10.8. The van der Waals surface area contributed by atoms with Crippen LogP contribution in [0.15, 0.2) is 30.5 Å². The fourth-order valence-corrected chi connectivity index (χ4v) is 2.92. The number of carbonyl (C=O) groups is 1. The third kappa shape index (κ3) is 2.76. The predicted octanol–water partition coefficient (Wildman–Crippen LogP) is 3.73. The Hall–Kier alpha value is -2.50. The van der Waals surface area contributed by atoms with Crippen molar-refractivity contribution in [3.8, 4) is 0 Å². The Morgan fingerprint density at radius 1 is 1.35 bits per heavy atom. The summed E-state index contributed by atoms with van der Waals surface area (Å²) in [5.74, 6) is -1.27. The topological polar surface area (TPSA) is 53.4 Å². The molecule has 0 saturated heterocycles. The summed E-state index contributed by atoms with van der Waals surface area (Å²) in [6.45, 7) is 4.26. The van der Waals surface area contributed by atoms with Gasteiger partial charge in [0, 0.05) is 41.9 Å². The largest absolute Gasteiger partial charge is 0.465 e. The Morgan fingerprint density at radius 2 is 2.09 bits per heavy atom. The third-order valence-corrected chi connectivity index (χ3v) is 4.13. The lowest BCUT2D eigenvalue weighted by Gasteiger charge is -2.18. The van der Waals surface area contributed by atoms with Crippen molar-refractivity contribution in [1.82, 2.24) is 4.98 Å². The summed E-state index contributed by atoms with van der Waals surface area (Å²) in [6, 6.07) is 5.06. The van der Waals surface area contributed by atoms with Crippen molar-refractivity contribution in [2.75, 3.05) is 11.4 Å². The lowest BCUT2D eigenvalue weighted by molar-refractivity contribution is 0.201. The van der Waals surface area contributed by atoms with E-state index in [2.05, 4.69) is 4.98 Å². The summed E-state index contributed by atoms with van der Waals surface area (Å²) in [7, 11) is 0. The van der Waals surface area contributed by atoms with E-state index in [1.807, 2.05) is 13.8 Å². The van der Waals surface area contributed by atoms with Crippen LogP contribution in [0.4, 0.5) is 19.3 Å². The molecule has 1 aliphatic rings. The van der Waals surface area contributed by atoms with E-state index in [4.69, 9.17) is 0 Å². The molecular weight excluding hydrogens is 302 g/mol. The number of fused-ring (bicyclic) bond motifs is 1. The van der Waals surface area contributed by atoms with E-state index in [1.54, 1.807) is 12.3 Å². The summed E-state index contributed by atoms with van der Waals surface area (Å²) in [6.07, 6.45) is 0.796. The number of pyridine rings is 1. The van der Waals surface area contributed by atoms with E-state index < -0.39 is 17.7 Å². The van der Waals surface area contributed by atoms with Crippen molar-refractivity contribution >= 4 is 11.8 Å². The highest BCUT2D eigenvalue weighted by Gasteiger charge is 2.38. The zero-order valence-corrected chi connectivity index (χ0v) is 12.8. The molecule has 1 aliphatic heterocycles. The molecule has 0 saturated carbocycles. The van der Waals surface area contributed by atoms with Crippen LogP contribution in [-0.2, 0) is 11.8 Å². The zero-order chi connectivity index (χ0) is 16.8. The standard InChI is InChI=1S/C17H16F2N2O2/c1-17(2)9-21(16(22)23)15-7-12(20-8-13(15)17)5-10-3-4-11(18)6-14(10)19/h3-4,6-8H,5,9H2,1-2H3,(H,22,23). The van der Waals surface area contributed by atoms with Crippen LogP contribution in [0.1, 0.15) is 30.7 Å². The smallest absolute Gasteiger partial charge is 0.411 e. The SMILES string of the molecule is CC1(C)CN(C(=O)O)c2cc(Cc3ccc(F)cc3F)ncc21. The van der Waals surface area contributed by atoms with Crippen LogP contribution in [0.5, 0.6) is 0 Å². The van der Waals surface area contributed by atoms with Gasteiger partial charge in [-0.3, -0.25) is 9.88 Å². The molecule has 0 fully saturated rings. The maximum atomic E-state index is 13.8. The molecule has 1 N–H and O–H groups in total. The number of aromatic nitrogens is 1. The molecule has 23 heavy (non-hydrogen) atoms. The fraction of sp³-hybridized carbons (Fsp3) is 0.294. The Balaban J connectivity index is 1.97. The monoisotopic (exact) mass is 318 g/mol. The van der Waals surface area contributed by atoms with Crippen molar-refractivity contribution in [3.63, 3.8) is 0 Å². The molecule has 0 radical (unpaired) electrons. The van der Waals surface area contributed by atoms with Crippen molar-refractivity contribution in [2.45, 2.75) is 25.7 Å². The van der Waals surface area contributed by atoms with Gasteiger partial charge in [-0.2, -0.15) is 0 Å². The Kier molecular flexibility index (Phi) is 3.55. The minimum atomic E-state index is -1.03. The van der Waals surface area contributed by atoms with Crippen LogP contribution < -0.4 is 4.90 Å². The van der Waals surface area contributed by atoms with Gasteiger partial charge in [-0.1, -0.05) is 19.9 Å². The number of nitrogens with zero attached hydrogens (tertiary/aromatic N) is 2. The first kappa shape index (κ1) is 15.4. The van der Waals surface area contributed by atoms with Gasteiger partial charge in [0.15, 0.2) is 0 Å². The summed E-state index contributed by atoms with van der Waals surface area (Å²) >= 11 is 0. The number of hydrogen-bond acceptors (Lipinski definition) is 2. The van der Waals surface area contributed by atoms with Gasteiger partial charge >= 0.3 is 6.09 Å². The molecule has 0 spiro atoms. The molecule has 2 aromatic rings.